The van der Waals surface area contributed by atoms with Crippen LogP contribution in [0.1, 0.15) is 44.2 Å². The Morgan fingerprint density at radius 3 is 2.03 bits per heavy atom. The number of esters is 1. The predicted molar refractivity (Wildman–Crippen MR) is 127 cm³/mol. The molecule has 1 N–H and O–H groups in total. The summed E-state index contributed by atoms with van der Waals surface area (Å²) in [6, 6.07) is 15.0. The molecule has 0 radical (unpaired) electrons. The van der Waals surface area contributed by atoms with E-state index in [9.17, 15) is 9.59 Å². The highest BCUT2D eigenvalue weighted by Gasteiger charge is 2.36. The summed E-state index contributed by atoms with van der Waals surface area (Å²) < 4.78 is 4.95. The largest absolute Gasteiger partial charge is 0.467 e. The van der Waals surface area contributed by atoms with Gasteiger partial charge in [0.15, 0.2) is 0 Å². The van der Waals surface area contributed by atoms with Gasteiger partial charge in [-0.3, -0.25) is 4.79 Å². The van der Waals surface area contributed by atoms with Gasteiger partial charge in [-0.15, -0.1) is 11.5 Å². The van der Waals surface area contributed by atoms with Crippen LogP contribution in [0.4, 0.5) is 0 Å². The van der Waals surface area contributed by atoms with E-state index in [2.05, 4.69) is 50.6 Å². The molecule has 0 aliphatic heterocycles. The smallest absolute Gasteiger partial charge is 0.329 e. The van der Waals surface area contributed by atoms with E-state index in [1.807, 2.05) is 48.5 Å². The summed E-state index contributed by atoms with van der Waals surface area (Å²) in [5.74, 6) is 2.05. The molecule has 0 bridgehead atoms. The zero-order chi connectivity index (χ0) is 22.8. The van der Waals surface area contributed by atoms with Crippen LogP contribution >= 0.6 is 0 Å². The van der Waals surface area contributed by atoms with Crippen molar-refractivity contribution in [3.8, 4) is 22.6 Å². The number of carbonyl (C=O) groups excluding carboxylic acids is 2. The zero-order valence-electron chi connectivity index (χ0n) is 19.2. The summed E-state index contributed by atoms with van der Waals surface area (Å²) in [4.78, 5) is 25.8. The van der Waals surface area contributed by atoms with Crippen LogP contribution in [0.15, 0.2) is 48.5 Å². The lowest BCUT2D eigenvalue weighted by Gasteiger charge is -2.31. The number of carbonyl (C=O) groups is 2. The van der Waals surface area contributed by atoms with Crippen molar-refractivity contribution >= 4 is 20.0 Å². The fourth-order valence-electron chi connectivity index (χ4n) is 3.59. The average Bonchev–Trinajstić information content (AvgIpc) is 3.06. The van der Waals surface area contributed by atoms with Gasteiger partial charge in [-0.05, 0) is 27.3 Å². The number of nitrogens with one attached hydrogen (secondary N) is 1. The maximum atomic E-state index is 13.4. The average molecular weight is 434 g/mol. The van der Waals surface area contributed by atoms with E-state index in [4.69, 9.17) is 4.74 Å². The van der Waals surface area contributed by atoms with Gasteiger partial charge in [0.25, 0.3) is 0 Å². The number of benzene rings is 2. The number of rotatable bonds is 4. The summed E-state index contributed by atoms with van der Waals surface area (Å²) in [5, 5.41) is 3.04. The molecule has 3 rings (SSSR count). The minimum Gasteiger partial charge on any atom is -0.467 e. The number of hydrogen-bond donors (Lipinski definition) is 1. The van der Waals surface area contributed by atoms with Crippen molar-refractivity contribution in [1.29, 1.82) is 0 Å². The third-order valence-electron chi connectivity index (χ3n) is 6.48. The lowest BCUT2D eigenvalue weighted by molar-refractivity contribution is -0.145. The second kappa shape index (κ2) is 8.72. The molecule has 0 saturated heterocycles. The van der Waals surface area contributed by atoms with E-state index in [-0.39, 0.29) is 17.4 Å². The molecule has 0 aromatic heterocycles. The molecule has 5 heteroatoms. The summed E-state index contributed by atoms with van der Waals surface area (Å²) in [6.45, 7) is 11.0. The van der Waals surface area contributed by atoms with Gasteiger partial charge < -0.3 is 10.1 Å². The monoisotopic (exact) mass is 433 g/mol. The lowest BCUT2D eigenvalue weighted by Crippen LogP contribution is -2.43. The molecule has 0 spiro atoms. The second-order valence-electron chi connectivity index (χ2n) is 9.57. The van der Waals surface area contributed by atoms with E-state index in [0.717, 1.165) is 22.3 Å². The number of methoxy groups -OCH3 is 1. The van der Waals surface area contributed by atoms with Crippen LogP contribution in [0.5, 0.6) is 0 Å². The highest BCUT2D eigenvalue weighted by molar-refractivity contribution is 6.87. The lowest BCUT2D eigenvalue weighted by atomic mass is 9.95. The van der Waals surface area contributed by atoms with Gasteiger partial charge in [0.2, 0.25) is 5.91 Å². The Morgan fingerprint density at radius 1 is 1.03 bits per heavy atom. The molecule has 2 aromatic rings. The minimum atomic E-state index is -1.80. The molecule has 1 aliphatic carbocycles. The summed E-state index contributed by atoms with van der Waals surface area (Å²) >= 11 is 0. The Morgan fingerprint density at radius 2 is 1.55 bits per heavy atom. The highest BCUT2D eigenvalue weighted by Crippen LogP contribution is 2.44. The number of hydrogen-bond acceptors (Lipinski definition) is 3. The molecule has 1 atom stereocenters. The van der Waals surface area contributed by atoms with E-state index in [1.54, 1.807) is 0 Å². The van der Waals surface area contributed by atoms with Gasteiger partial charge in [-0.2, -0.15) is 0 Å². The SMILES string of the molecule is COC(=O)[C@@H](CC#C[Si](C)(C)C(C)(C)C)NC(=O)C1c2ccccc2-c2ccccc21. The van der Waals surface area contributed by atoms with Crippen molar-refractivity contribution in [3.63, 3.8) is 0 Å². The van der Waals surface area contributed by atoms with Crippen LogP contribution in [-0.2, 0) is 14.3 Å². The standard InChI is InChI=1S/C26H31NO3Si/c1-26(2,3)31(5,6)17-11-16-22(25(29)30-4)27-24(28)23-20-14-9-7-12-18(20)19-13-8-10-15-21(19)23/h7-10,12-15,22-23H,16H2,1-6H3,(H,27,28)/t22-/m1/s1. The molecule has 2 aromatic carbocycles. The van der Waals surface area contributed by atoms with Crippen LogP contribution in [0, 0.1) is 11.5 Å². The highest BCUT2D eigenvalue weighted by atomic mass is 28.3. The predicted octanol–water partition coefficient (Wildman–Crippen LogP) is 4.90. The van der Waals surface area contributed by atoms with Crippen molar-refractivity contribution in [1.82, 2.24) is 5.32 Å². The Hall–Kier alpha value is -2.84. The van der Waals surface area contributed by atoms with E-state index in [1.165, 1.54) is 7.11 Å². The topological polar surface area (TPSA) is 55.4 Å². The maximum Gasteiger partial charge on any atom is 0.329 e. The van der Waals surface area contributed by atoms with Crippen molar-refractivity contribution in [2.24, 2.45) is 0 Å². The molecule has 31 heavy (non-hydrogen) atoms. The summed E-state index contributed by atoms with van der Waals surface area (Å²) in [5.41, 5.74) is 7.45. The zero-order valence-corrected chi connectivity index (χ0v) is 20.2. The van der Waals surface area contributed by atoms with E-state index < -0.39 is 26.0 Å². The van der Waals surface area contributed by atoms with Crippen molar-refractivity contribution in [3.05, 3.63) is 59.7 Å². The first-order chi connectivity index (χ1) is 14.6. The third kappa shape index (κ3) is 4.60. The molecule has 0 fully saturated rings. The number of ether oxygens (including phenoxy) is 1. The molecule has 4 nitrogen and oxygen atoms in total. The minimum absolute atomic E-state index is 0.126. The molecule has 0 heterocycles. The first-order valence-corrected chi connectivity index (χ1v) is 13.6. The van der Waals surface area contributed by atoms with Crippen LogP contribution in [-0.4, -0.2) is 33.1 Å². The van der Waals surface area contributed by atoms with Crippen LogP contribution in [0.2, 0.25) is 18.1 Å². The number of amides is 1. The molecule has 162 valence electrons. The Bertz CT molecular complexity index is 1010. The maximum absolute atomic E-state index is 13.4. The molecule has 1 amide bonds. The summed E-state index contributed by atoms with van der Waals surface area (Å²) in [6.07, 6.45) is 0.237. The normalized spacial score (nSPS) is 14.0. The van der Waals surface area contributed by atoms with Crippen molar-refractivity contribution < 1.29 is 14.3 Å². The quantitative estimate of drug-likeness (QED) is 0.424. The molecule has 1 aliphatic rings. The number of fused-ring (bicyclic) bond motifs is 3. The Balaban J connectivity index is 1.85. The molecular formula is C26H31NO3Si. The van der Waals surface area contributed by atoms with Crippen LogP contribution < -0.4 is 5.32 Å². The summed E-state index contributed by atoms with van der Waals surface area (Å²) in [7, 11) is -0.467. The molecule has 0 unspecified atom stereocenters. The second-order valence-corrected chi connectivity index (χ2v) is 14.6. The van der Waals surface area contributed by atoms with Gasteiger partial charge in [0.1, 0.15) is 14.1 Å². The first kappa shape index (κ1) is 22.8. The van der Waals surface area contributed by atoms with E-state index in [0.29, 0.717) is 0 Å². The van der Waals surface area contributed by atoms with Gasteiger partial charge in [0, 0.05) is 6.42 Å². The van der Waals surface area contributed by atoms with Gasteiger partial charge in [0.05, 0.1) is 13.0 Å². The van der Waals surface area contributed by atoms with Gasteiger partial charge in [-0.1, -0.05) is 82.4 Å². The Kier molecular flexibility index (Phi) is 6.42. The molecular weight excluding hydrogens is 402 g/mol. The van der Waals surface area contributed by atoms with Gasteiger partial charge >= 0.3 is 5.97 Å². The third-order valence-corrected chi connectivity index (χ3v) is 11.0. The molecule has 0 saturated carbocycles. The fraction of sp³-hybridized carbons (Fsp3) is 0.385. The van der Waals surface area contributed by atoms with Crippen LogP contribution in [0.3, 0.4) is 0 Å². The van der Waals surface area contributed by atoms with Crippen molar-refractivity contribution in [2.75, 3.05) is 7.11 Å². The van der Waals surface area contributed by atoms with Gasteiger partial charge in [-0.25, -0.2) is 4.79 Å². The van der Waals surface area contributed by atoms with Crippen molar-refractivity contribution in [2.45, 2.75) is 57.3 Å². The van der Waals surface area contributed by atoms with E-state index >= 15 is 0 Å². The van der Waals surface area contributed by atoms with Crippen LogP contribution in [0.25, 0.3) is 11.1 Å². The fourth-order valence-corrected chi connectivity index (χ4v) is 4.51. The first-order valence-electron chi connectivity index (χ1n) is 10.6. The Labute approximate surface area is 186 Å².